The number of nitrogens with zero attached hydrogens (tertiary/aromatic N) is 2. The van der Waals surface area contributed by atoms with Gasteiger partial charge in [0.1, 0.15) is 18.1 Å². The smallest absolute Gasteiger partial charge is 0.193 e. The van der Waals surface area contributed by atoms with Gasteiger partial charge in [-0.05, 0) is 36.2 Å². The van der Waals surface area contributed by atoms with E-state index in [1.807, 2.05) is 31.3 Å². The summed E-state index contributed by atoms with van der Waals surface area (Å²) >= 11 is 0. The lowest BCUT2D eigenvalue weighted by atomic mass is 9.99. The Bertz CT molecular complexity index is 707. The van der Waals surface area contributed by atoms with Crippen molar-refractivity contribution in [3.63, 3.8) is 0 Å². The molecule has 0 radical (unpaired) electrons. The molecule has 1 N–H and O–H groups in total. The molecule has 0 saturated carbocycles. The first kappa shape index (κ1) is 21.3. The average molecular weight is 481 g/mol. The Morgan fingerprint density at radius 1 is 1.11 bits per heavy atom. The van der Waals surface area contributed by atoms with Crippen LogP contribution in [0, 0.1) is 0 Å². The quantitative estimate of drug-likeness (QED) is 0.296. The molecule has 6 heteroatoms. The van der Waals surface area contributed by atoms with Crippen molar-refractivity contribution in [2.45, 2.75) is 12.3 Å². The molecule has 2 aromatic rings. The van der Waals surface area contributed by atoms with Gasteiger partial charge < -0.3 is 19.7 Å². The van der Waals surface area contributed by atoms with Gasteiger partial charge in [0.25, 0.3) is 0 Å². The van der Waals surface area contributed by atoms with Gasteiger partial charge in [-0.3, -0.25) is 4.99 Å². The van der Waals surface area contributed by atoms with Gasteiger partial charge in [0, 0.05) is 26.1 Å². The fraction of sp³-hybridized carbons (Fsp3) is 0.381. The summed E-state index contributed by atoms with van der Waals surface area (Å²) < 4.78 is 10.9. The largest absolute Gasteiger partial charge is 0.497 e. The lowest BCUT2D eigenvalue weighted by Crippen LogP contribution is -2.41. The topological polar surface area (TPSA) is 46.1 Å². The number of nitrogens with one attached hydrogen (secondary N) is 1. The molecule has 1 heterocycles. The van der Waals surface area contributed by atoms with Crippen molar-refractivity contribution < 1.29 is 9.47 Å². The molecule has 1 aliphatic rings. The van der Waals surface area contributed by atoms with E-state index in [0.29, 0.717) is 19.1 Å². The summed E-state index contributed by atoms with van der Waals surface area (Å²) in [6.07, 6.45) is 1.16. The summed E-state index contributed by atoms with van der Waals surface area (Å²) in [5, 5.41) is 3.40. The molecular formula is C21H28IN3O2. The van der Waals surface area contributed by atoms with E-state index in [4.69, 9.17) is 9.47 Å². The molecule has 3 rings (SSSR count). The van der Waals surface area contributed by atoms with Crippen LogP contribution >= 0.6 is 24.0 Å². The first-order chi connectivity index (χ1) is 12.8. The third-order valence-electron chi connectivity index (χ3n) is 4.68. The number of benzene rings is 2. The molecule has 1 aliphatic heterocycles. The summed E-state index contributed by atoms with van der Waals surface area (Å²) in [5.74, 6) is 3.19. The molecule has 1 atom stereocenters. The van der Waals surface area contributed by atoms with E-state index in [1.54, 1.807) is 7.11 Å². The zero-order valence-electron chi connectivity index (χ0n) is 15.9. The van der Waals surface area contributed by atoms with E-state index in [0.717, 1.165) is 37.0 Å². The number of hydrogen-bond acceptors (Lipinski definition) is 3. The first-order valence-electron chi connectivity index (χ1n) is 9.07. The zero-order chi connectivity index (χ0) is 18.2. The van der Waals surface area contributed by atoms with Crippen LogP contribution in [-0.2, 0) is 0 Å². The zero-order valence-corrected chi connectivity index (χ0v) is 18.3. The summed E-state index contributed by atoms with van der Waals surface area (Å²) in [5.41, 5.74) is 1.41. The van der Waals surface area contributed by atoms with Crippen molar-refractivity contribution in [2.24, 2.45) is 4.99 Å². The standard InChI is InChI=1S/C21H27N3O2.HI/c1-22-21(23-13-15-26-20-10-8-19(25-2)9-11-20)24-14-12-18(16-24)17-6-4-3-5-7-17;/h3-11,18H,12-16H2,1-2H3,(H,22,23);1H. The van der Waals surface area contributed by atoms with Gasteiger partial charge in [0.2, 0.25) is 0 Å². The second-order valence-corrected chi connectivity index (χ2v) is 6.34. The number of hydrogen-bond donors (Lipinski definition) is 1. The molecule has 1 saturated heterocycles. The van der Waals surface area contributed by atoms with Crippen molar-refractivity contribution in [2.75, 3.05) is 40.4 Å². The van der Waals surface area contributed by atoms with Crippen molar-refractivity contribution in [3.05, 3.63) is 60.2 Å². The van der Waals surface area contributed by atoms with Crippen molar-refractivity contribution in [3.8, 4) is 11.5 Å². The molecule has 1 fully saturated rings. The monoisotopic (exact) mass is 481 g/mol. The van der Waals surface area contributed by atoms with E-state index in [9.17, 15) is 0 Å². The number of aliphatic imine (C=N–C) groups is 1. The Morgan fingerprint density at radius 2 is 1.81 bits per heavy atom. The van der Waals surface area contributed by atoms with Gasteiger partial charge in [-0.15, -0.1) is 24.0 Å². The van der Waals surface area contributed by atoms with Crippen molar-refractivity contribution >= 4 is 29.9 Å². The molecule has 27 heavy (non-hydrogen) atoms. The number of likely N-dealkylation sites (tertiary alicyclic amines) is 1. The van der Waals surface area contributed by atoms with E-state index in [2.05, 4.69) is 45.5 Å². The average Bonchev–Trinajstić information content (AvgIpc) is 3.19. The van der Waals surface area contributed by atoms with Crippen LogP contribution in [0.2, 0.25) is 0 Å². The molecule has 2 aromatic carbocycles. The summed E-state index contributed by atoms with van der Waals surface area (Å²) in [7, 11) is 3.49. The Hall–Kier alpha value is -1.96. The molecule has 0 amide bonds. The van der Waals surface area contributed by atoms with E-state index in [-0.39, 0.29) is 24.0 Å². The molecule has 0 aromatic heterocycles. The maximum Gasteiger partial charge on any atom is 0.193 e. The highest BCUT2D eigenvalue weighted by Crippen LogP contribution is 2.26. The van der Waals surface area contributed by atoms with Gasteiger partial charge in [-0.1, -0.05) is 30.3 Å². The molecule has 0 spiro atoms. The minimum absolute atomic E-state index is 0. The van der Waals surface area contributed by atoms with Gasteiger partial charge in [0.05, 0.1) is 13.7 Å². The maximum atomic E-state index is 5.76. The van der Waals surface area contributed by atoms with Gasteiger partial charge in [-0.2, -0.15) is 0 Å². The van der Waals surface area contributed by atoms with Crippen LogP contribution in [0.5, 0.6) is 11.5 Å². The second-order valence-electron chi connectivity index (χ2n) is 6.34. The fourth-order valence-corrected chi connectivity index (χ4v) is 3.29. The van der Waals surface area contributed by atoms with Crippen LogP contribution in [0.4, 0.5) is 0 Å². The molecule has 0 bridgehead atoms. The van der Waals surface area contributed by atoms with Gasteiger partial charge >= 0.3 is 0 Å². The fourth-order valence-electron chi connectivity index (χ4n) is 3.29. The SMILES string of the molecule is CN=C(NCCOc1ccc(OC)cc1)N1CCC(c2ccccc2)C1.I. The van der Waals surface area contributed by atoms with Gasteiger partial charge in [0.15, 0.2) is 5.96 Å². The number of methoxy groups -OCH3 is 1. The van der Waals surface area contributed by atoms with Crippen LogP contribution in [0.25, 0.3) is 0 Å². The van der Waals surface area contributed by atoms with E-state index in [1.165, 1.54) is 5.56 Å². The lowest BCUT2D eigenvalue weighted by molar-refractivity contribution is 0.318. The van der Waals surface area contributed by atoms with Crippen LogP contribution in [0.3, 0.4) is 0 Å². The Balaban J connectivity index is 0.00000261. The molecule has 5 nitrogen and oxygen atoms in total. The highest BCUT2D eigenvalue weighted by molar-refractivity contribution is 14.0. The number of rotatable bonds is 6. The summed E-state index contributed by atoms with van der Waals surface area (Å²) in [4.78, 5) is 6.75. The molecule has 146 valence electrons. The number of ether oxygens (including phenoxy) is 2. The van der Waals surface area contributed by atoms with Crippen LogP contribution in [0.1, 0.15) is 17.9 Å². The van der Waals surface area contributed by atoms with Crippen LogP contribution in [0.15, 0.2) is 59.6 Å². The first-order valence-corrected chi connectivity index (χ1v) is 9.07. The Morgan fingerprint density at radius 3 is 2.48 bits per heavy atom. The highest BCUT2D eigenvalue weighted by atomic mass is 127. The van der Waals surface area contributed by atoms with Crippen LogP contribution < -0.4 is 14.8 Å². The van der Waals surface area contributed by atoms with Crippen molar-refractivity contribution in [1.82, 2.24) is 10.2 Å². The predicted octanol–water partition coefficient (Wildman–Crippen LogP) is 3.76. The maximum absolute atomic E-state index is 5.76. The number of guanidine groups is 1. The molecular weight excluding hydrogens is 453 g/mol. The van der Waals surface area contributed by atoms with Gasteiger partial charge in [-0.25, -0.2) is 0 Å². The predicted molar refractivity (Wildman–Crippen MR) is 121 cm³/mol. The highest BCUT2D eigenvalue weighted by Gasteiger charge is 2.25. The Kier molecular flexibility index (Phi) is 8.71. The molecule has 1 unspecified atom stereocenters. The van der Waals surface area contributed by atoms with Crippen LogP contribution in [-0.4, -0.2) is 51.3 Å². The molecule has 0 aliphatic carbocycles. The minimum Gasteiger partial charge on any atom is -0.497 e. The van der Waals surface area contributed by atoms with E-state index < -0.39 is 0 Å². The minimum atomic E-state index is 0. The van der Waals surface area contributed by atoms with E-state index >= 15 is 0 Å². The summed E-state index contributed by atoms with van der Waals surface area (Å²) in [6, 6.07) is 18.4. The number of halogens is 1. The Labute approximate surface area is 178 Å². The lowest BCUT2D eigenvalue weighted by Gasteiger charge is -2.22. The third kappa shape index (κ3) is 6.02. The summed E-state index contributed by atoms with van der Waals surface area (Å²) in [6.45, 7) is 3.33. The normalized spacial score (nSPS) is 16.6. The van der Waals surface area contributed by atoms with Crippen molar-refractivity contribution in [1.29, 1.82) is 0 Å². The third-order valence-corrected chi connectivity index (χ3v) is 4.68. The second kappa shape index (κ2) is 11.0.